The summed E-state index contributed by atoms with van der Waals surface area (Å²) in [6.45, 7) is 13.8. The minimum Gasteiger partial charge on any atom is -0.252 e. The van der Waals surface area contributed by atoms with Crippen molar-refractivity contribution >= 4 is 22.8 Å². The van der Waals surface area contributed by atoms with Crippen LogP contribution in [0, 0.1) is 0 Å². The van der Waals surface area contributed by atoms with Crippen LogP contribution >= 0.6 is 0 Å². The zero-order valence-corrected chi connectivity index (χ0v) is 32.7. The number of rotatable bonds is 29. The van der Waals surface area contributed by atoms with Crippen LogP contribution in [0.2, 0.25) is 0 Å². The molecule has 0 N–H and O–H groups in total. The fraction of sp³-hybridized carbons (Fsp3) is 0.696. The second kappa shape index (κ2) is 27.6. The smallest absolute Gasteiger partial charge is 0.0636 e. The van der Waals surface area contributed by atoms with Gasteiger partial charge in [0.15, 0.2) is 0 Å². The molecule has 2 aromatic carbocycles. The van der Waals surface area contributed by atoms with E-state index in [9.17, 15) is 0 Å². The third kappa shape index (κ3) is 17.4. The second-order valence-electron chi connectivity index (χ2n) is 14.5. The van der Waals surface area contributed by atoms with Gasteiger partial charge >= 0.3 is 0 Å². The highest BCUT2D eigenvalue weighted by Gasteiger charge is 2.13. The number of unbranched alkanes of at least 4 members (excludes halogenated alkanes) is 14. The Morgan fingerprint density at radius 3 is 1.10 bits per heavy atom. The van der Waals surface area contributed by atoms with Gasteiger partial charge in [-0.15, -0.1) is 0 Å². The highest BCUT2D eigenvalue weighted by atomic mass is 14.8. The highest BCUT2D eigenvalue weighted by Crippen LogP contribution is 2.27. The molecule has 0 aliphatic rings. The first-order valence-electron chi connectivity index (χ1n) is 21.0. The summed E-state index contributed by atoms with van der Waals surface area (Å²) < 4.78 is 0. The first-order chi connectivity index (χ1) is 23.6. The van der Waals surface area contributed by atoms with Crippen molar-refractivity contribution in [1.29, 1.82) is 0 Å². The molecule has 0 aliphatic heterocycles. The van der Waals surface area contributed by atoms with Gasteiger partial charge in [0.25, 0.3) is 0 Å². The van der Waals surface area contributed by atoms with Crippen molar-refractivity contribution in [3.63, 3.8) is 0 Å². The third-order valence-electron chi connectivity index (χ3n) is 9.97. The number of aryl methyl sites for hydroxylation is 4. The molecule has 0 saturated carbocycles. The lowest BCUT2D eigenvalue weighted by molar-refractivity contribution is 0.616. The molecule has 0 aromatic heterocycles. The van der Waals surface area contributed by atoms with Crippen LogP contribution in [0.25, 0.3) is 0 Å². The molecule has 2 nitrogen and oxygen atoms in total. The molecule has 0 radical (unpaired) electrons. The molecule has 2 aromatic rings. The molecule has 2 heteroatoms. The predicted octanol–water partition coefficient (Wildman–Crippen LogP) is 15.4. The van der Waals surface area contributed by atoms with E-state index in [4.69, 9.17) is 9.98 Å². The molecule has 0 bridgehead atoms. The van der Waals surface area contributed by atoms with E-state index in [2.05, 4.69) is 77.9 Å². The first-order valence-corrected chi connectivity index (χ1v) is 21.0. The molecule has 0 spiro atoms. The third-order valence-corrected chi connectivity index (χ3v) is 9.97. The van der Waals surface area contributed by atoms with Gasteiger partial charge in [0.05, 0.1) is 22.8 Å². The van der Waals surface area contributed by atoms with Gasteiger partial charge in [0, 0.05) is 0 Å². The minimum atomic E-state index is 1.01. The zero-order chi connectivity index (χ0) is 34.7. The van der Waals surface area contributed by atoms with Crippen molar-refractivity contribution < 1.29 is 0 Å². The standard InChI is InChI=1S/C46H76N2/c1-7-13-19-20-21-26-32-46(48-44-36-34-40(28-23-15-9-3)42(38-44)30-25-17-11-5)45(31-18-12-6)47-43-35-33-39(27-22-14-8-2)41(37-43)29-24-16-10-4/h33-38H,7-32H2,1-6H3. The number of nitrogens with zero attached hydrogens (tertiary/aromatic N) is 2. The van der Waals surface area contributed by atoms with E-state index in [0.29, 0.717) is 0 Å². The maximum Gasteiger partial charge on any atom is 0.0636 e. The zero-order valence-electron chi connectivity index (χ0n) is 32.7. The monoisotopic (exact) mass is 657 g/mol. The van der Waals surface area contributed by atoms with Crippen molar-refractivity contribution in [1.82, 2.24) is 0 Å². The quantitative estimate of drug-likeness (QED) is 0.0615. The van der Waals surface area contributed by atoms with Crippen molar-refractivity contribution in [3.8, 4) is 0 Å². The molecule has 0 amide bonds. The Bertz CT molecular complexity index is 1160. The van der Waals surface area contributed by atoms with Gasteiger partial charge < -0.3 is 0 Å². The van der Waals surface area contributed by atoms with Crippen LogP contribution in [0.1, 0.15) is 205 Å². The molecule has 0 unspecified atom stereocenters. The van der Waals surface area contributed by atoms with E-state index >= 15 is 0 Å². The van der Waals surface area contributed by atoms with Gasteiger partial charge in [-0.1, -0.05) is 144 Å². The van der Waals surface area contributed by atoms with Crippen LogP contribution < -0.4 is 0 Å². The van der Waals surface area contributed by atoms with Crippen LogP contribution in [-0.4, -0.2) is 11.4 Å². The van der Waals surface area contributed by atoms with Crippen LogP contribution in [0.4, 0.5) is 11.4 Å². The predicted molar refractivity (Wildman–Crippen MR) is 218 cm³/mol. The largest absolute Gasteiger partial charge is 0.252 e. The van der Waals surface area contributed by atoms with Gasteiger partial charge in [-0.2, -0.15) is 0 Å². The number of hydrogen-bond donors (Lipinski definition) is 0. The van der Waals surface area contributed by atoms with Gasteiger partial charge in [-0.25, -0.2) is 0 Å². The number of benzene rings is 2. The van der Waals surface area contributed by atoms with Crippen molar-refractivity contribution in [3.05, 3.63) is 58.7 Å². The maximum atomic E-state index is 5.50. The SMILES string of the molecule is CCCCCCCCC(=Nc1ccc(CCCCC)c(CCCCC)c1)C(CCCC)=Nc1ccc(CCCCC)c(CCCCC)c1. The Labute approximate surface area is 299 Å². The Balaban J connectivity index is 2.53. The van der Waals surface area contributed by atoms with Crippen LogP contribution in [0.15, 0.2) is 46.4 Å². The molecule has 0 fully saturated rings. The highest BCUT2D eigenvalue weighted by molar-refractivity contribution is 6.43. The Hall–Kier alpha value is -2.22. The lowest BCUT2D eigenvalue weighted by atomic mass is 9.96. The molecule has 2 rings (SSSR count). The Morgan fingerprint density at radius 1 is 0.354 bits per heavy atom. The van der Waals surface area contributed by atoms with Crippen molar-refractivity contribution in [2.45, 2.75) is 208 Å². The normalized spacial score (nSPS) is 12.3. The lowest BCUT2D eigenvalue weighted by Crippen LogP contribution is -2.14. The molecular weight excluding hydrogens is 581 g/mol. The van der Waals surface area contributed by atoms with Crippen molar-refractivity contribution in [2.75, 3.05) is 0 Å². The summed E-state index contributed by atoms with van der Waals surface area (Å²) in [7, 11) is 0. The Morgan fingerprint density at radius 2 is 0.688 bits per heavy atom. The van der Waals surface area contributed by atoms with Crippen molar-refractivity contribution in [2.24, 2.45) is 9.98 Å². The summed E-state index contributed by atoms with van der Waals surface area (Å²) in [6, 6.07) is 14.3. The average molecular weight is 657 g/mol. The van der Waals surface area contributed by atoms with Crippen LogP contribution in [-0.2, 0) is 25.7 Å². The fourth-order valence-corrected chi connectivity index (χ4v) is 6.84. The molecule has 0 saturated heterocycles. The molecule has 48 heavy (non-hydrogen) atoms. The Kier molecular flexibility index (Phi) is 24.1. The van der Waals surface area contributed by atoms with E-state index in [1.54, 1.807) is 11.1 Å². The lowest BCUT2D eigenvalue weighted by Gasteiger charge is -2.15. The maximum absolute atomic E-state index is 5.50. The minimum absolute atomic E-state index is 1.01. The summed E-state index contributed by atoms with van der Waals surface area (Å²) in [6.07, 6.45) is 32.4. The molecule has 0 atom stereocenters. The molecule has 0 aliphatic carbocycles. The average Bonchev–Trinajstić information content (AvgIpc) is 3.09. The summed E-state index contributed by atoms with van der Waals surface area (Å²) in [5.74, 6) is 0. The van der Waals surface area contributed by atoms with E-state index in [1.165, 1.54) is 170 Å². The van der Waals surface area contributed by atoms with Gasteiger partial charge in [0.2, 0.25) is 0 Å². The van der Waals surface area contributed by atoms with E-state index < -0.39 is 0 Å². The van der Waals surface area contributed by atoms with Gasteiger partial charge in [-0.05, 0) is 124 Å². The number of aliphatic imine (C=N–C) groups is 2. The second-order valence-corrected chi connectivity index (χ2v) is 14.5. The van der Waals surface area contributed by atoms with E-state index in [-0.39, 0.29) is 0 Å². The summed E-state index contributed by atoms with van der Waals surface area (Å²) in [5.41, 5.74) is 10.9. The van der Waals surface area contributed by atoms with Gasteiger partial charge in [0.1, 0.15) is 0 Å². The van der Waals surface area contributed by atoms with E-state index in [1.807, 2.05) is 0 Å². The summed E-state index contributed by atoms with van der Waals surface area (Å²) >= 11 is 0. The van der Waals surface area contributed by atoms with Gasteiger partial charge in [-0.3, -0.25) is 9.98 Å². The first kappa shape index (κ1) is 41.9. The topological polar surface area (TPSA) is 24.7 Å². The number of hydrogen-bond acceptors (Lipinski definition) is 2. The molecule has 270 valence electrons. The summed E-state index contributed by atoms with van der Waals surface area (Å²) in [4.78, 5) is 11.0. The summed E-state index contributed by atoms with van der Waals surface area (Å²) in [5, 5.41) is 0. The van der Waals surface area contributed by atoms with E-state index in [0.717, 1.165) is 30.6 Å². The fourth-order valence-electron chi connectivity index (χ4n) is 6.84. The van der Waals surface area contributed by atoms with Crippen LogP contribution in [0.3, 0.4) is 0 Å². The molecule has 0 heterocycles. The molecular formula is C46H76N2. The van der Waals surface area contributed by atoms with Crippen LogP contribution in [0.5, 0.6) is 0 Å².